The van der Waals surface area contributed by atoms with E-state index in [2.05, 4.69) is 11.0 Å². The summed E-state index contributed by atoms with van der Waals surface area (Å²) < 4.78 is 5.31. The Hall–Kier alpha value is -2.60. The number of para-hydroxylation sites is 1. The minimum Gasteiger partial charge on any atom is -0.459 e. The van der Waals surface area contributed by atoms with Gasteiger partial charge in [0, 0.05) is 44.0 Å². The van der Waals surface area contributed by atoms with Crippen LogP contribution in [0.5, 0.6) is 0 Å². The first-order chi connectivity index (χ1) is 12.6. The van der Waals surface area contributed by atoms with Gasteiger partial charge in [0.15, 0.2) is 5.76 Å². The van der Waals surface area contributed by atoms with Gasteiger partial charge in [-0.2, -0.15) is 0 Å². The molecule has 2 amide bonds. The molecule has 1 aromatic carbocycles. The summed E-state index contributed by atoms with van der Waals surface area (Å²) in [5, 5.41) is 0. The molecule has 0 radical (unpaired) electrons. The van der Waals surface area contributed by atoms with Crippen molar-refractivity contribution in [2.45, 2.75) is 13.3 Å². The van der Waals surface area contributed by atoms with E-state index in [1.165, 1.54) is 5.56 Å². The second-order valence-corrected chi connectivity index (χ2v) is 6.93. The van der Waals surface area contributed by atoms with Gasteiger partial charge in [-0.25, -0.2) is 0 Å². The summed E-state index contributed by atoms with van der Waals surface area (Å²) in [5.41, 5.74) is 3.14. The van der Waals surface area contributed by atoms with Gasteiger partial charge in [0.25, 0.3) is 5.91 Å². The van der Waals surface area contributed by atoms with E-state index in [1.807, 2.05) is 30.0 Å². The highest BCUT2D eigenvalue weighted by Crippen LogP contribution is 2.27. The van der Waals surface area contributed by atoms with Crippen LogP contribution in [0.4, 0.5) is 5.69 Å². The number of carbonyl (C=O) groups is 2. The summed E-state index contributed by atoms with van der Waals surface area (Å²) in [6, 6.07) is 9.90. The number of aryl methyl sites for hydroxylation is 1. The zero-order valence-corrected chi connectivity index (χ0v) is 15.0. The van der Waals surface area contributed by atoms with Gasteiger partial charge in [0.1, 0.15) is 0 Å². The fraction of sp³-hybridized carbons (Fsp3) is 0.400. The number of anilines is 1. The zero-order chi connectivity index (χ0) is 18.1. The molecular formula is C20H23N3O3. The number of benzene rings is 1. The second-order valence-electron chi connectivity index (χ2n) is 6.93. The van der Waals surface area contributed by atoms with Crippen LogP contribution >= 0.6 is 0 Å². The van der Waals surface area contributed by atoms with E-state index < -0.39 is 0 Å². The van der Waals surface area contributed by atoms with E-state index in [4.69, 9.17) is 4.42 Å². The van der Waals surface area contributed by atoms with Crippen LogP contribution in [0.15, 0.2) is 41.0 Å². The van der Waals surface area contributed by atoms with E-state index in [1.54, 1.807) is 17.2 Å². The van der Waals surface area contributed by atoms with Gasteiger partial charge >= 0.3 is 0 Å². The lowest BCUT2D eigenvalue weighted by Crippen LogP contribution is -2.51. The standard InChI is InChI=1S/C20H23N3O3/c1-15-7-13-26-19(15)20(25)22-11-9-21(10-12-22)14-18(24)23-8-6-16-4-2-3-5-17(16)23/h2-5,7,13H,6,8-12,14H2,1H3. The van der Waals surface area contributed by atoms with Crippen molar-refractivity contribution in [3.63, 3.8) is 0 Å². The maximum Gasteiger partial charge on any atom is 0.289 e. The Bertz CT molecular complexity index is 821. The van der Waals surface area contributed by atoms with Crippen LogP contribution < -0.4 is 4.90 Å². The molecule has 3 heterocycles. The fourth-order valence-electron chi connectivity index (χ4n) is 3.72. The van der Waals surface area contributed by atoms with Crippen molar-refractivity contribution in [2.24, 2.45) is 0 Å². The monoisotopic (exact) mass is 353 g/mol. The molecular weight excluding hydrogens is 330 g/mol. The molecule has 4 rings (SSSR count). The van der Waals surface area contributed by atoms with Crippen molar-refractivity contribution in [3.05, 3.63) is 53.5 Å². The maximum absolute atomic E-state index is 12.7. The Balaban J connectivity index is 1.32. The molecule has 0 saturated carbocycles. The molecule has 26 heavy (non-hydrogen) atoms. The van der Waals surface area contributed by atoms with E-state index in [-0.39, 0.29) is 11.8 Å². The lowest BCUT2D eigenvalue weighted by molar-refractivity contribution is -0.120. The number of nitrogens with zero attached hydrogens (tertiary/aromatic N) is 3. The van der Waals surface area contributed by atoms with E-state index >= 15 is 0 Å². The lowest BCUT2D eigenvalue weighted by Gasteiger charge is -2.34. The minimum atomic E-state index is -0.0630. The predicted octanol–water partition coefficient (Wildman–Crippen LogP) is 1.94. The summed E-state index contributed by atoms with van der Waals surface area (Å²) in [6.07, 6.45) is 2.47. The molecule has 136 valence electrons. The average molecular weight is 353 g/mol. The number of fused-ring (bicyclic) bond motifs is 1. The van der Waals surface area contributed by atoms with Crippen LogP contribution in [-0.4, -0.2) is 60.9 Å². The Kier molecular flexibility index (Phi) is 4.51. The number of amides is 2. The Morgan fingerprint density at radius 3 is 2.54 bits per heavy atom. The molecule has 2 aliphatic heterocycles. The van der Waals surface area contributed by atoms with Crippen LogP contribution in [0.2, 0.25) is 0 Å². The lowest BCUT2D eigenvalue weighted by atomic mass is 10.2. The number of furan rings is 1. The van der Waals surface area contributed by atoms with Gasteiger partial charge in [0.05, 0.1) is 12.8 Å². The summed E-state index contributed by atoms with van der Waals surface area (Å²) >= 11 is 0. The van der Waals surface area contributed by atoms with E-state index in [0.29, 0.717) is 38.5 Å². The molecule has 1 fully saturated rings. The first-order valence-electron chi connectivity index (χ1n) is 9.07. The normalized spacial score (nSPS) is 17.4. The summed E-state index contributed by atoms with van der Waals surface area (Å²) in [7, 11) is 0. The molecule has 0 aliphatic carbocycles. The van der Waals surface area contributed by atoms with Crippen molar-refractivity contribution < 1.29 is 14.0 Å². The Morgan fingerprint density at radius 2 is 1.81 bits per heavy atom. The van der Waals surface area contributed by atoms with Gasteiger partial charge in [-0.1, -0.05) is 18.2 Å². The number of piperazine rings is 1. The highest BCUT2D eigenvalue weighted by molar-refractivity contribution is 5.97. The van der Waals surface area contributed by atoms with Gasteiger partial charge in [-0.05, 0) is 31.0 Å². The van der Waals surface area contributed by atoms with Crippen LogP contribution in [0.3, 0.4) is 0 Å². The third-order valence-electron chi connectivity index (χ3n) is 5.26. The second kappa shape index (κ2) is 6.96. The number of rotatable bonds is 3. The third kappa shape index (κ3) is 3.12. The number of hydrogen-bond acceptors (Lipinski definition) is 4. The highest BCUT2D eigenvalue weighted by Gasteiger charge is 2.29. The van der Waals surface area contributed by atoms with Crippen molar-refractivity contribution in [1.82, 2.24) is 9.80 Å². The maximum atomic E-state index is 12.7. The molecule has 2 aliphatic rings. The van der Waals surface area contributed by atoms with Crippen molar-refractivity contribution in [2.75, 3.05) is 44.2 Å². The SMILES string of the molecule is Cc1ccoc1C(=O)N1CCN(CC(=O)N2CCc3ccccc32)CC1. The topological polar surface area (TPSA) is 57.0 Å². The van der Waals surface area contributed by atoms with Crippen molar-refractivity contribution in [3.8, 4) is 0 Å². The molecule has 0 unspecified atom stereocenters. The summed E-state index contributed by atoms with van der Waals surface area (Å²) in [5.74, 6) is 0.492. The number of carbonyl (C=O) groups excluding carboxylic acids is 2. The fourth-order valence-corrected chi connectivity index (χ4v) is 3.72. The quantitative estimate of drug-likeness (QED) is 0.846. The van der Waals surface area contributed by atoms with Crippen LogP contribution in [0.1, 0.15) is 21.7 Å². The predicted molar refractivity (Wildman–Crippen MR) is 98.3 cm³/mol. The molecule has 2 aromatic rings. The highest BCUT2D eigenvalue weighted by atomic mass is 16.3. The Morgan fingerprint density at radius 1 is 1.04 bits per heavy atom. The summed E-state index contributed by atoms with van der Waals surface area (Å²) in [4.78, 5) is 31.0. The van der Waals surface area contributed by atoms with Crippen molar-refractivity contribution >= 4 is 17.5 Å². The zero-order valence-electron chi connectivity index (χ0n) is 15.0. The molecule has 0 atom stereocenters. The molecule has 1 saturated heterocycles. The molecule has 0 N–H and O–H groups in total. The van der Waals surface area contributed by atoms with Gasteiger partial charge in [0.2, 0.25) is 5.91 Å². The largest absolute Gasteiger partial charge is 0.459 e. The molecule has 0 spiro atoms. The summed E-state index contributed by atoms with van der Waals surface area (Å²) in [6.45, 7) is 5.66. The Labute approximate surface area is 153 Å². The number of hydrogen-bond donors (Lipinski definition) is 0. The first kappa shape index (κ1) is 16.8. The minimum absolute atomic E-state index is 0.0630. The third-order valence-corrected chi connectivity index (χ3v) is 5.26. The smallest absolute Gasteiger partial charge is 0.289 e. The van der Waals surface area contributed by atoms with Gasteiger partial charge in [-0.15, -0.1) is 0 Å². The van der Waals surface area contributed by atoms with Crippen LogP contribution in [-0.2, 0) is 11.2 Å². The van der Waals surface area contributed by atoms with Gasteiger partial charge in [-0.3, -0.25) is 14.5 Å². The van der Waals surface area contributed by atoms with E-state index in [9.17, 15) is 9.59 Å². The molecule has 6 nitrogen and oxygen atoms in total. The van der Waals surface area contributed by atoms with Crippen LogP contribution in [0, 0.1) is 6.92 Å². The molecule has 6 heteroatoms. The van der Waals surface area contributed by atoms with E-state index in [0.717, 1.165) is 24.2 Å². The average Bonchev–Trinajstić information content (AvgIpc) is 3.28. The molecule has 0 bridgehead atoms. The van der Waals surface area contributed by atoms with Crippen LogP contribution in [0.25, 0.3) is 0 Å². The van der Waals surface area contributed by atoms with Crippen molar-refractivity contribution in [1.29, 1.82) is 0 Å². The molecule has 1 aromatic heterocycles. The first-order valence-corrected chi connectivity index (χ1v) is 9.07. The van der Waals surface area contributed by atoms with Gasteiger partial charge < -0.3 is 14.2 Å².